The summed E-state index contributed by atoms with van der Waals surface area (Å²) in [6.07, 6.45) is -0.876. The van der Waals surface area contributed by atoms with Crippen LogP contribution in [-0.2, 0) is 33.8 Å². The van der Waals surface area contributed by atoms with Crippen molar-refractivity contribution >= 4 is 48.1 Å². The van der Waals surface area contributed by atoms with Crippen molar-refractivity contribution in [3.05, 3.63) is 59.3 Å². The van der Waals surface area contributed by atoms with Crippen LogP contribution in [0.25, 0.3) is 21.0 Å². The summed E-state index contributed by atoms with van der Waals surface area (Å²) in [6, 6.07) is 9.11. The Morgan fingerprint density at radius 2 is 1.93 bits per heavy atom. The number of carbonyl (C=O) groups is 1. The fraction of sp³-hybridized carbons (Fsp3) is 0.433. The van der Waals surface area contributed by atoms with Crippen LogP contribution in [-0.4, -0.2) is 49.0 Å². The van der Waals surface area contributed by atoms with E-state index in [2.05, 4.69) is 16.8 Å². The Labute approximate surface area is 247 Å². The molecular formula is C30H35F3N2O5S2. The molecule has 0 spiro atoms. The van der Waals surface area contributed by atoms with E-state index in [0.717, 1.165) is 52.9 Å². The zero-order valence-corrected chi connectivity index (χ0v) is 25.4. The number of nitrogens with one attached hydrogen (secondary N) is 1. The standard InChI is InChI=1S/C30H35F3N2O5S2/c1-4-13-35-18-21(6-11-28(36)37)24-9-8-23(16-26(24)35)40-19(2)17-34-12-5-14-42(38,39)29-20(3)25-15-22(30(31,32)33)7-10-27(25)41-29/h7-10,15-16,18-19,34H,4-6,11-14,17H2,1-3H3,(H,36,37)/t19-/m1/s1. The molecule has 0 amide bonds. The molecule has 0 radical (unpaired) electrons. The van der Waals surface area contributed by atoms with E-state index in [1.807, 2.05) is 31.3 Å². The summed E-state index contributed by atoms with van der Waals surface area (Å²) < 4.78 is 74.2. The number of fused-ring (bicyclic) bond motifs is 2. The van der Waals surface area contributed by atoms with Gasteiger partial charge in [-0.25, -0.2) is 8.42 Å². The lowest BCUT2D eigenvalue weighted by atomic mass is 10.1. The minimum absolute atomic E-state index is 0.0694. The number of carboxylic acids is 1. The summed E-state index contributed by atoms with van der Waals surface area (Å²) in [5.41, 5.74) is 1.54. The molecule has 0 unspecified atom stereocenters. The van der Waals surface area contributed by atoms with Crippen LogP contribution >= 0.6 is 11.3 Å². The van der Waals surface area contributed by atoms with Crippen molar-refractivity contribution in [2.75, 3.05) is 18.8 Å². The molecule has 12 heteroatoms. The molecule has 42 heavy (non-hydrogen) atoms. The van der Waals surface area contributed by atoms with Gasteiger partial charge in [0.2, 0.25) is 0 Å². The molecule has 0 saturated heterocycles. The highest BCUT2D eigenvalue weighted by Crippen LogP contribution is 2.38. The maximum atomic E-state index is 13.1. The highest BCUT2D eigenvalue weighted by molar-refractivity contribution is 7.93. The number of rotatable bonds is 14. The van der Waals surface area contributed by atoms with Gasteiger partial charge in [0.05, 0.1) is 16.8 Å². The van der Waals surface area contributed by atoms with Crippen LogP contribution in [0.15, 0.2) is 46.8 Å². The van der Waals surface area contributed by atoms with Crippen LogP contribution in [0.4, 0.5) is 13.2 Å². The fourth-order valence-electron chi connectivity index (χ4n) is 5.02. The van der Waals surface area contributed by atoms with E-state index >= 15 is 0 Å². The monoisotopic (exact) mass is 624 g/mol. The number of nitrogens with zero attached hydrogens (tertiary/aromatic N) is 1. The molecule has 4 aromatic rings. The van der Waals surface area contributed by atoms with Crippen molar-refractivity contribution in [2.24, 2.45) is 0 Å². The number of sulfone groups is 1. The van der Waals surface area contributed by atoms with E-state index < -0.39 is 27.5 Å². The second-order valence-electron chi connectivity index (χ2n) is 10.4. The van der Waals surface area contributed by atoms with Crippen LogP contribution in [0.1, 0.15) is 49.8 Å². The highest BCUT2D eigenvalue weighted by Gasteiger charge is 2.31. The molecule has 0 aliphatic heterocycles. The van der Waals surface area contributed by atoms with Gasteiger partial charge in [0.15, 0.2) is 9.84 Å². The van der Waals surface area contributed by atoms with Crippen molar-refractivity contribution in [2.45, 2.75) is 69.5 Å². The third-order valence-electron chi connectivity index (χ3n) is 7.05. The molecule has 0 saturated carbocycles. The SMILES string of the molecule is CCCn1cc(CCC(=O)O)c2ccc(O[C@H](C)CNCCCS(=O)(=O)c3sc4ccc(C(F)(F)F)cc4c3C)cc21. The lowest BCUT2D eigenvalue weighted by molar-refractivity contribution is -0.138. The van der Waals surface area contributed by atoms with E-state index in [9.17, 15) is 26.4 Å². The predicted molar refractivity (Wildman–Crippen MR) is 159 cm³/mol. The average molecular weight is 625 g/mol. The van der Waals surface area contributed by atoms with Crippen molar-refractivity contribution in [3.8, 4) is 5.75 Å². The molecule has 0 aliphatic rings. The van der Waals surface area contributed by atoms with Crippen molar-refractivity contribution in [1.82, 2.24) is 9.88 Å². The van der Waals surface area contributed by atoms with E-state index in [4.69, 9.17) is 9.84 Å². The number of aryl methyl sites for hydroxylation is 3. The Balaban J connectivity index is 1.31. The van der Waals surface area contributed by atoms with Gasteiger partial charge in [-0.05, 0) is 86.5 Å². The Morgan fingerprint density at radius 1 is 1.17 bits per heavy atom. The molecule has 228 valence electrons. The van der Waals surface area contributed by atoms with E-state index in [0.29, 0.717) is 47.3 Å². The smallest absolute Gasteiger partial charge is 0.416 e. The van der Waals surface area contributed by atoms with E-state index in [1.165, 1.54) is 6.07 Å². The summed E-state index contributed by atoms with van der Waals surface area (Å²) in [5.74, 6) is -0.262. The predicted octanol–water partition coefficient (Wildman–Crippen LogP) is 6.83. The summed E-state index contributed by atoms with van der Waals surface area (Å²) >= 11 is 1.01. The maximum absolute atomic E-state index is 13.1. The molecule has 7 nitrogen and oxygen atoms in total. The summed E-state index contributed by atoms with van der Waals surface area (Å²) in [4.78, 5) is 11.0. The third-order valence-corrected chi connectivity index (χ3v) is 10.8. The van der Waals surface area contributed by atoms with Gasteiger partial charge in [0.1, 0.15) is 16.1 Å². The summed E-state index contributed by atoms with van der Waals surface area (Å²) in [7, 11) is -3.66. The van der Waals surface area contributed by atoms with Crippen LogP contribution in [0, 0.1) is 6.92 Å². The van der Waals surface area contributed by atoms with Gasteiger partial charge in [-0.15, -0.1) is 11.3 Å². The van der Waals surface area contributed by atoms with Gasteiger partial charge in [-0.1, -0.05) is 6.92 Å². The van der Waals surface area contributed by atoms with Gasteiger partial charge in [-0.3, -0.25) is 4.79 Å². The van der Waals surface area contributed by atoms with Crippen LogP contribution in [0.3, 0.4) is 0 Å². The second kappa shape index (κ2) is 13.0. The molecule has 0 fully saturated rings. The third kappa shape index (κ3) is 7.45. The number of ether oxygens (including phenoxy) is 1. The van der Waals surface area contributed by atoms with Gasteiger partial charge >= 0.3 is 12.1 Å². The number of alkyl halides is 3. The largest absolute Gasteiger partial charge is 0.489 e. The van der Waals surface area contributed by atoms with Crippen molar-refractivity contribution in [3.63, 3.8) is 0 Å². The zero-order valence-electron chi connectivity index (χ0n) is 23.8. The number of halogens is 3. The number of carboxylic acid groups (broad SMARTS) is 1. The minimum Gasteiger partial charge on any atom is -0.489 e. The van der Waals surface area contributed by atoms with Crippen molar-refractivity contribution < 1.29 is 36.2 Å². The van der Waals surface area contributed by atoms with Crippen LogP contribution in [0.2, 0.25) is 0 Å². The van der Waals surface area contributed by atoms with Gasteiger partial charge in [0, 0.05) is 41.9 Å². The zero-order chi connectivity index (χ0) is 30.7. The highest BCUT2D eigenvalue weighted by atomic mass is 32.2. The lowest BCUT2D eigenvalue weighted by Gasteiger charge is -2.16. The van der Waals surface area contributed by atoms with E-state index in [-0.39, 0.29) is 22.5 Å². The van der Waals surface area contributed by atoms with Gasteiger partial charge in [0.25, 0.3) is 0 Å². The number of hydrogen-bond donors (Lipinski definition) is 2. The quantitative estimate of drug-likeness (QED) is 0.149. The number of thiophene rings is 1. The normalized spacial score (nSPS) is 13.2. The first kappa shape index (κ1) is 31.8. The Kier molecular flexibility index (Phi) is 9.89. The average Bonchev–Trinajstić information content (AvgIpc) is 3.44. The molecule has 0 bridgehead atoms. The number of benzene rings is 2. The summed E-state index contributed by atoms with van der Waals surface area (Å²) in [5, 5.41) is 13.6. The first-order chi connectivity index (χ1) is 19.8. The number of aromatic nitrogens is 1. The Hall–Kier alpha value is -3.09. The fourth-order valence-corrected chi connectivity index (χ4v) is 8.25. The number of hydrogen-bond acceptors (Lipinski definition) is 6. The Bertz CT molecular complexity index is 1680. The first-order valence-electron chi connectivity index (χ1n) is 13.8. The molecule has 1 atom stereocenters. The van der Waals surface area contributed by atoms with Crippen molar-refractivity contribution in [1.29, 1.82) is 0 Å². The molecule has 2 aromatic carbocycles. The van der Waals surface area contributed by atoms with Crippen LogP contribution < -0.4 is 10.1 Å². The molecule has 2 heterocycles. The van der Waals surface area contributed by atoms with Crippen LogP contribution in [0.5, 0.6) is 5.75 Å². The first-order valence-corrected chi connectivity index (χ1v) is 16.3. The minimum atomic E-state index is -4.49. The molecule has 4 rings (SSSR count). The van der Waals surface area contributed by atoms with Gasteiger partial charge < -0.3 is 19.7 Å². The molecule has 0 aliphatic carbocycles. The molecule has 2 N–H and O–H groups in total. The van der Waals surface area contributed by atoms with E-state index in [1.54, 1.807) is 6.92 Å². The lowest BCUT2D eigenvalue weighted by Crippen LogP contribution is -2.30. The molecule has 2 aromatic heterocycles. The number of aliphatic carboxylic acids is 1. The maximum Gasteiger partial charge on any atom is 0.416 e. The summed E-state index contributed by atoms with van der Waals surface area (Å²) in [6.45, 7) is 7.27. The topological polar surface area (TPSA) is 97.6 Å². The Morgan fingerprint density at radius 3 is 2.62 bits per heavy atom. The molecular weight excluding hydrogens is 589 g/mol. The second-order valence-corrected chi connectivity index (χ2v) is 13.8. The van der Waals surface area contributed by atoms with Gasteiger partial charge in [-0.2, -0.15) is 13.2 Å².